The second kappa shape index (κ2) is 8.67. The van der Waals surface area contributed by atoms with Gasteiger partial charge in [-0.3, -0.25) is 4.79 Å². The molecule has 1 saturated heterocycles. The minimum Gasteiger partial charge on any atom is -0.352 e. The molecule has 0 atom stereocenters. The number of hydrogen-bond donors (Lipinski definition) is 2. The minimum atomic E-state index is -0.415. The lowest BCUT2D eigenvalue weighted by Gasteiger charge is -2.27. The van der Waals surface area contributed by atoms with E-state index in [4.69, 9.17) is 6.42 Å². The Morgan fingerprint density at radius 1 is 1.15 bits per heavy atom. The molecule has 2 aliphatic heterocycles. The molecule has 2 heterocycles. The molecule has 1 aromatic carbocycles. The van der Waals surface area contributed by atoms with E-state index in [-0.39, 0.29) is 11.9 Å². The van der Waals surface area contributed by atoms with Gasteiger partial charge in [-0.1, -0.05) is 12.1 Å². The predicted octanol–water partition coefficient (Wildman–Crippen LogP) is 3.40. The number of nitrogens with zero attached hydrogens (tertiary/aromatic N) is 3. The molecule has 2 aliphatic rings. The molecule has 1 aromatic rings. The number of piperidine rings is 1. The SMILES string of the molecule is C#CCCC1(CCNC(=O)c2ccccc2NC(=O)N2CCCCC2)N=N1. The zero-order valence-corrected chi connectivity index (χ0v) is 15.4. The number of rotatable bonds is 7. The number of amides is 3. The van der Waals surface area contributed by atoms with Gasteiger partial charge in [-0.2, -0.15) is 10.2 Å². The number of anilines is 1. The third-order valence-corrected chi connectivity index (χ3v) is 4.92. The number of para-hydroxylation sites is 1. The number of carbonyl (C=O) groups excluding carboxylic acids is 2. The second-order valence-electron chi connectivity index (χ2n) is 6.92. The Hall–Kier alpha value is -2.88. The minimum absolute atomic E-state index is 0.154. The summed E-state index contributed by atoms with van der Waals surface area (Å²) in [6.07, 6.45) is 10.4. The zero-order chi connectivity index (χ0) is 19.1. The van der Waals surface area contributed by atoms with Gasteiger partial charge in [0.25, 0.3) is 5.91 Å². The molecule has 0 spiro atoms. The Balaban J connectivity index is 1.54. The van der Waals surface area contributed by atoms with Crippen molar-refractivity contribution in [3.63, 3.8) is 0 Å². The van der Waals surface area contributed by atoms with Crippen molar-refractivity contribution in [2.24, 2.45) is 10.2 Å². The molecule has 0 aliphatic carbocycles. The first-order valence-electron chi connectivity index (χ1n) is 9.44. The van der Waals surface area contributed by atoms with E-state index in [0.29, 0.717) is 37.1 Å². The average molecular weight is 367 g/mol. The largest absolute Gasteiger partial charge is 0.352 e. The average Bonchev–Trinajstić information content (AvgIpc) is 3.47. The highest BCUT2D eigenvalue weighted by molar-refractivity contribution is 6.03. The summed E-state index contributed by atoms with van der Waals surface area (Å²) < 4.78 is 0. The normalized spacial score (nSPS) is 17.1. The molecule has 142 valence electrons. The van der Waals surface area contributed by atoms with E-state index < -0.39 is 5.66 Å². The molecule has 0 unspecified atom stereocenters. The van der Waals surface area contributed by atoms with Gasteiger partial charge in [-0.15, -0.1) is 12.3 Å². The van der Waals surface area contributed by atoms with Crippen LogP contribution in [0.1, 0.15) is 48.9 Å². The highest BCUT2D eigenvalue weighted by Gasteiger charge is 2.38. The van der Waals surface area contributed by atoms with Gasteiger partial charge in [0.1, 0.15) is 0 Å². The van der Waals surface area contributed by atoms with Crippen LogP contribution >= 0.6 is 0 Å². The van der Waals surface area contributed by atoms with Crippen molar-refractivity contribution < 1.29 is 9.59 Å². The van der Waals surface area contributed by atoms with Gasteiger partial charge in [0, 0.05) is 38.9 Å². The van der Waals surface area contributed by atoms with Gasteiger partial charge in [0.2, 0.25) is 0 Å². The summed E-state index contributed by atoms with van der Waals surface area (Å²) in [5.41, 5.74) is 0.556. The first-order chi connectivity index (χ1) is 13.1. The number of terminal acetylenes is 1. The molecule has 3 amide bonds. The summed E-state index contributed by atoms with van der Waals surface area (Å²) >= 11 is 0. The molecule has 2 N–H and O–H groups in total. The standard InChI is InChI=1S/C20H25N5O2/c1-2-3-11-20(23-24-20)12-13-21-18(26)16-9-5-6-10-17(16)22-19(27)25-14-7-4-8-15-25/h1,5-6,9-10H,3-4,7-8,11-15H2,(H,21,26)(H,22,27). The monoisotopic (exact) mass is 367 g/mol. The maximum atomic E-state index is 12.6. The Bertz CT molecular complexity index is 756. The molecule has 1 fully saturated rings. The van der Waals surface area contributed by atoms with Crippen molar-refractivity contribution >= 4 is 17.6 Å². The molecule has 0 aromatic heterocycles. The van der Waals surface area contributed by atoms with Crippen LogP contribution in [-0.4, -0.2) is 42.1 Å². The number of urea groups is 1. The maximum Gasteiger partial charge on any atom is 0.321 e. The Morgan fingerprint density at radius 3 is 2.59 bits per heavy atom. The molecule has 7 nitrogen and oxygen atoms in total. The molecular formula is C20H25N5O2. The Kier molecular flexibility index (Phi) is 6.07. The smallest absolute Gasteiger partial charge is 0.321 e. The lowest BCUT2D eigenvalue weighted by atomic mass is 10.0. The molecule has 0 radical (unpaired) electrons. The van der Waals surface area contributed by atoms with Crippen molar-refractivity contribution in [2.75, 3.05) is 25.0 Å². The molecule has 7 heteroatoms. The number of hydrogen-bond acceptors (Lipinski definition) is 4. The third-order valence-electron chi connectivity index (χ3n) is 4.92. The van der Waals surface area contributed by atoms with Gasteiger partial charge in [0.05, 0.1) is 11.3 Å². The van der Waals surface area contributed by atoms with Crippen LogP contribution in [0.5, 0.6) is 0 Å². The number of nitrogens with one attached hydrogen (secondary N) is 2. The van der Waals surface area contributed by atoms with Crippen LogP contribution in [0.25, 0.3) is 0 Å². The van der Waals surface area contributed by atoms with E-state index in [9.17, 15) is 9.59 Å². The van der Waals surface area contributed by atoms with E-state index >= 15 is 0 Å². The maximum absolute atomic E-state index is 12.6. The summed E-state index contributed by atoms with van der Waals surface area (Å²) in [6, 6.07) is 6.89. The Labute approximate surface area is 159 Å². The highest BCUT2D eigenvalue weighted by atomic mass is 16.2. The zero-order valence-electron chi connectivity index (χ0n) is 15.4. The van der Waals surface area contributed by atoms with Gasteiger partial charge < -0.3 is 15.5 Å². The van der Waals surface area contributed by atoms with E-state index in [1.807, 2.05) is 0 Å². The quantitative estimate of drug-likeness (QED) is 0.724. The summed E-state index contributed by atoms with van der Waals surface area (Å²) in [5.74, 6) is 2.37. The van der Waals surface area contributed by atoms with Crippen molar-refractivity contribution in [1.29, 1.82) is 0 Å². The van der Waals surface area contributed by atoms with E-state index in [1.54, 1.807) is 29.2 Å². The summed E-state index contributed by atoms with van der Waals surface area (Å²) in [5, 5.41) is 13.9. The first kappa shape index (κ1) is 18.9. The van der Waals surface area contributed by atoms with Crippen LogP contribution in [0.3, 0.4) is 0 Å². The fourth-order valence-corrected chi connectivity index (χ4v) is 3.22. The Morgan fingerprint density at radius 2 is 1.89 bits per heavy atom. The van der Waals surface area contributed by atoms with Crippen LogP contribution in [0, 0.1) is 12.3 Å². The summed E-state index contributed by atoms with van der Waals surface area (Å²) in [4.78, 5) is 26.8. The summed E-state index contributed by atoms with van der Waals surface area (Å²) in [7, 11) is 0. The van der Waals surface area contributed by atoms with E-state index in [2.05, 4.69) is 26.8 Å². The van der Waals surface area contributed by atoms with Crippen LogP contribution in [0.2, 0.25) is 0 Å². The fourth-order valence-electron chi connectivity index (χ4n) is 3.22. The van der Waals surface area contributed by atoms with Crippen molar-refractivity contribution in [1.82, 2.24) is 10.2 Å². The molecule has 3 rings (SSSR count). The summed E-state index contributed by atoms with van der Waals surface area (Å²) in [6.45, 7) is 1.96. The molecular weight excluding hydrogens is 342 g/mol. The first-order valence-corrected chi connectivity index (χ1v) is 9.44. The van der Waals surface area contributed by atoms with Gasteiger partial charge in [-0.25, -0.2) is 4.79 Å². The van der Waals surface area contributed by atoms with E-state index in [1.165, 1.54) is 0 Å². The highest BCUT2D eigenvalue weighted by Crippen LogP contribution is 2.36. The second-order valence-corrected chi connectivity index (χ2v) is 6.92. The predicted molar refractivity (Wildman–Crippen MR) is 103 cm³/mol. The van der Waals surface area contributed by atoms with Crippen molar-refractivity contribution in [3.05, 3.63) is 29.8 Å². The molecule has 27 heavy (non-hydrogen) atoms. The topological polar surface area (TPSA) is 86.2 Å². The van der Waals surface area contributed by atoms with Crippen LogP contribution in [-0.2, 0) is 0 Å². The van der Waals surface area contributed by atoms with Gasteiger partial charge in [0.15, 0.2) is 5.66 Å². The van der Waals surface area contributed by atoms with Crippen LogP contribution in [0.4, 0.5) is 10.5 Å². The van der Waals surface area contributed by atoms with Gasteiger partial charge >= 0.3 is 6.03 Å². The van der Waals surface area contributed by atoms with Crippen LogP contribution < -0.4 is 10.6 Å². The third kappa shape index (κ3) is 5.07. The number of benzene rings is 1. The number of carbonyl (C=O) groups is 2. The van der Waals surface area contributed by atoms with Crippen LogP contribution in [0.15, 0.2) is 34.5 Å². The lowest BCUT2D eigenvalue weighted by molar-refractivity contribution is 0.0952. The van der Waals surface area contributed by atoms with Crippen molar-refractivity contribution in [3.8, 4) is 12.3 Å². The van der Waals surface area contributed by atoms with Crippen molar-refractivity contribution in [2.45, 2.75) is 44.2 Å². The molecule has 0 bridgehead atoms. The lowest BCUT2D eigenvalue weighted by Crippen LogP contribution is -2.39. The number of likely N-dealkylation sites (tertiary alicyclic amines) is 1. The molecule has 0 saturated carbocycles. The van der Waals surface area contributed by atoms with Gasteiger partial charge in [-0.05, 0) is 31.4 Å². The fraction of sp³-hybridized carbons (Fsp3) is 0.500. The van der Waals surface area contributed by atoms with E-state index in [0.717, 1.165) is 32.4 Å².